The van der Waals surface area contributed by atoms with E-state index in [2.05, 4.69) is 0 Å². The van der Waals surface area contributed by atoms with Crippen LogP contribution >= 0.6 is 12.4 Å². The Morgan fingerprint density at radius 1 is 1.31 bits per heavy atom. The number of hydrogen-bond acceptors (Lipinski definition) is 2. The van der Waals surface area contributed by atoms with Crippen LogP contribution in [0.15, 0.2) is 12.1 Å². The molecule has 0 heterocycles. The van der Waals surface area contributed by atoms with Crippen molar-refractivity contribution in [3.63, 3.8) is 0 Å². The number of carbonyl (C=O) groups excluding carboxylic acids is 1. The summed E-state index contributed by atoms with van der Waals surface area (Å²) in [5.41, 5.74) is 3.88. The molecule has 0 atom stereocenters. The third kappa shape index (κ3) is 3.10. The normalized spacial score (nSPS) is 10.1. The van der Waals surface area contributed by atoms with Gasteiger partial charge in [0, 0.05) is 6.42 Å². The maximum absolute atomic E-state index is 13.1. The third-order valence-electron chi connectivity index (χ3n) is 1.81. The molecule has 0 bridgehead atoms. The summed E-state index contributed by atoms with van der Waals surface area (Å²) in [7, 11) is 0. The molecular formula is C9H8ClF4NO. The minimum Gasteiger partial charge on any atom is -0.394 e. The number of alkyl halides is 2. The second kappa shape index (κ2) is 5.69. The number of ketones is 1. The molecule has 0 amide bonds. The molecular weight excluding hydrogens is 250 g/mol. The van der Waals surface area contributed by atoms with Gasteiger partial charge in [-0.25, -0.2) is 17.6 Å². The monoisotopic (exact) mass is 257 g/mol. The Morgan fingerprint density at radius 2 is 1.88 bits per heavy atom. The average molecular weight is 258 g/mol. The Labute approximate surface area is 94.8 Å². The van der Waals surface area contributed by atoms with Crippen molar-refractivity contribution in [1.29, 1.82) is 0 Å². The van der Waals surface area contributed by atoms with E-state index in [1.807, 2.05) is 0 Å². The molecule has 16 heavy (non-hydrogen) atoms. The van der Waals surface area contributed by atoms with Crippen LogP contribution in [0.4, 0.5) is 23.2 Å². The molecule has 0 unspecified atom stereocenters. The van der Waals surface area contributed by atoms with E-state index in [1.54, 1.807) is 0 Å². The summed E-state index contributed by atoms with van der Waals surface area (Å²) in [5, 5.41) is 0. The topological polar surface area (TPSA) is 43.1 Å². The van der Waals surface area contributed by atoms with Gasteiger partial charge in [-0.1, -0.05) is 6.07 Å². The molecule has 90 valence electrons. The average Bonchev–Trinajstić information content (AvgIpc) is 2.18. The van der Waals surface area contributed by atoms with Crippen LogP contribution < -0.4 is 5.73 Å². The van der Waals surface area contributed by atoms with Crippen molar-refractivity contribution in [1.82, 2.24) is 0 Å². The van der Waals surface area contributed by atoms with E-state index in [1.165, 1.54) is 0 Å². The molecule has 0 saturated heterocycles. The van der Waals surface area contributed by atoms with Crippen molar-refractivity contribution in [2.75, 3.05) is 5.73 Å². The maximum Gasteiger partial charge on any atom is 0.296 e. The van der Waals surface area contributed by atoms with Crippen LogP contribution in [0.2, 0.25) is 0 Å². The van der Waals surface area contributed by atoms with Gasteiger partial charge in [0.2, 0.25) is 5.78 Å². The molecule has 0 aromatic heterocycles. The Hall–Kier alpha value is -1.30. The summed E-state index contributed by atoms with van der Waals surface area (Å²) in [6, 6.07) is 1.74. The van der Waals surface area contributed by atoms with Crippen molar-refractivity contribution in [3.05, 3.63) is 29.3 Å². The van der Waals surface area contributed by atoms with Crippen molar-refractivity contribution in [2.24, 2.45) is 0 Å². The maximum atomic E-state index is 13.1. The molecule has 0 aliphatic heterocycles. The summed E-state index contributed by atoms with van der Waals surface area (Å²) in [6.45, 7) is 0. The zero-order valence-electron chi connectivity index (χ0n) is 7.84. The van der Waals surface area contributed by atoms with Crippen LogP contribution in [0.25, 0.3) is 0 Å². The molecule has 7 heteroatoms. The Morgan fingerprint density at radius 3 is 2.38 bits per heavy atom. The van der Waals surface area contributed by atoms with Gasteiger partial charge < -0.3 is 5.73 Å². The van der Waals surface area contributed by atoms with Gasteiger partial charge in [0.1, 0.15) is 11.5 Å². The number of rotatable bonds is 3. The van der Waals surface area contributed by atoms with Crippen LogP contribution in [0.3, 0.4) is 0 Å². The van der Waals surface area contributed by atoms with E-state index in [4.69, 9.17) is 5.73 Å². The van der Waals surface area contributed by atoms with Crippen LogP contribution in [0.1, 0.15) is 5.56 Å². The summed E-state index contributed by atoms with van der Waals surface area (Å²) in [5.74, 6) is -3.58. The van der Waals surface area contributed by atoms with Gasteiger partial charge in [-0.2, -0.15) is 0 Å². The van der Waals surface area contributed by atoms with Gasteiger partial charge in [-0.3, -0.25) is 4.79 Å². The summed E-state index contributed by atoms with van der Waals surface area (Å²) < 4.78 is 49.5. The molecule has 0 aliphatic carbocycles. The van der Waals surface area contributed by atoms with Crippen molar-refractivity contribution in [3.8, 4) is 0 Å². The zero-order valence-corrected chi connectivity index (χ0v) is 8.66. The first kappa shape index (κ1) is 14.7. The summed E-state index contributed by atoms with van der Waals surface area (Å²) in [4.78, 5) is 10.6. The van der Waals surface area contributed by atoms with Crippen molar-refractivity contribution >= 4 is 23.9 Å². The molecule has 1 aromatic rings. The first-order valence-electron chi connectivity index (χ1n) is 3.96. The molecule has 0 saturated carbocycles. The molecule has 0 aliphatic rings. The second-order valence-corrected chi connectivity index (χ2v) is 2.88. The van der Waals surface area contributed by atoms with Crippen LogP contribution in [0.5, 0.6) is 0 Å². The standard InChI is InChI=1S/C9H7F4NO.ClH/c10-5-2-1-4(7(11)8(5)14)3-6(15)9(12)13;/h1-2,9H,3,14H2;1H. The highest BCUT2D eigenvalue weighted by Crippen LogP contribution is 2.19. The predicted octanol–water partition coefficient (Wildman–Crippen LogP) is 2.35. The lowest BCUT2D eigenvalue weighted by Gasteiger charge is -2.05. The van der Waals surface area contributed by atoms with E-state index in [0.717, 1.165) is 12.1 Å². The lowest BCUT2D eigenvalue weighted by atomic mass is 10.1. The van der Waals surface area contributed by atoms with Crippen molar-refractivity contribution < 1.29 is 22.4 Å². The number of halogens is 5. The first-order valence-corrected chi connectivity index (χ1v) is 3.96. The number of hydrogen-bond donors (Lipinski definition) is 1. The molecule has 1 aromatic carbocycles. The molecule has 0 radical (unpaired) electrons. The first-order chi connectivity index (χ1) is 6.93. The SMILES string of the molecule is Cl.Nc1c(F)ccc(CC(=O)C(F)F)c1F. The van der Waals surface area contributed by atoms with Gasteiger partial charge >= 0.3 is 0 Å². The smallest absolute Gasteiger partial charge is 0.296 e. The predicted molar refractivity (Wildman–Crippen MR) is 52.7 cm³/mol. The molecule has 0 spiro atoms. The van der Waals surface area contributed by atoms with E-state index >= 15 is 0 Å². The van der Waals surface area contributed by atoms with Crippen LogP contribution in [-0.4, -0.2) is 12.2 Å². The fraction of sp³-hybridized carbons (Fsp3) is 0.222. The lowest BCUT2D eigenvalue weighted by Crippen LogP contribution is -2.14. The summed E-state index contributed by atoms with van der Waals surface area (Å²) in [6.07, 6.45) is -3.97. The molecule has 0 fully saturated rings. The van der Waals surface area contributed by atoms with Crippen LogP contribution in [0, 0.1) is 11.6 Å². The van der Waals surface area contributed by atoms with E-state index in [-0.39, 0.29) is 18.0 Å². The fourth-order valence-electron chi connectivity index (χ4n) is 1.02. The van der Waals surface area contributed by atoms with Gasteiger partial charge in [0.15, 0.2) is 5.82 Å². The number of nitrogen functional groups attached to an aromatic ring is 1. The number of Topliss-reactive ketones (excluding diaryl/α,β-unsaturated/α-hetero) is 1. The number of nitrogens with two attached hydrogens (primary N) is 1. The van der Waals surface area contributed by atoms with Gasteiger partial charge in [0.25, 0.3) is 6.43 Å². The lowest BCUT2D eigenvalue weighted by molar-refractivity contribution is -0.128. The second-order valence-electron chi connectivity index (χ2n) is 2.88. The Balaban J connectivity index is 0.00000225. The largest absolute Gasteiger partial charge is 0.394 e. The van der Waals surface area contributed by atoms with E-state index in [9.17, 15) is 22.4 Å². The highest BCUT2D eigenvalue weighted by Gasteiger charge is 2.19. The number of benzene rings is 1. The molecule has 2 N–H and O–H groups in total. The minimum atomic E-state index is -3.17. The van der Waals surface area contributed by atoms with Gasteiger partial charge in [-0.15, -0.1) is 12.4 Å². The number of anilines is 1. The molecule has 2 nitrogen and oxygen atoms in total. The summed E-state index contributed by atoms with van der Waals surface area (Å²) >= 11 is 0. The fourth-order valence-corrected chi connectivity index (χ4v) is 1.02. The quantitative estimate of drug-likeness (QED) is 0.667. The van der Waals surface area contributed by atoms with Gasteiger partial charge in [0.05, 0.1) is 0 Å². The van der Waals surface area contributed by atoms with E-state index < -0.39 is 36.0 Å². The third-order valence-corrected chi connectivity index (χ3v) is 1.81. The van der Waals surface area contributed by atoms with Gasteiger partial charge in [-0.05, 0) is 11.6 Å². The van der Waals surface area contributed by atoms with E-state index in [0.29, 0.717) is 0 Å². The molecule has 1 rings (SSSR count). The Kier molecular flexibility index (Phi) is 5.23. The highest BCUT2D eigenvalue weighted by molar-refractivity contribution is 5.85. The van der Waals surface area contributed by atoms with Crippen molar-refractivity contribution in [2.45, 2.75) is 12.8 Å². The number of carbonyl (C=O) groups is 1. The minimum absolute atomic E-state index is 0. The zero-order chi connectivity index (χ0) is 11.6. The Bertz CT molecular complexity index is 397. The van der Waals surface area contributed by atoms with Crippen LogP contribution in [-0.2, 0) is 11.2 Å². The highest BCUT2D eigenvalue weighted by atomic mass is 35.5.